The third-order valence-corrected chi connectivity index (χ3v) is 4.80. The van der Waals surface area contributed by atoms with Crippen LogP contribution in [0.25, 0.3) is 0 Å². The average Bonchev–Trinajstić information content (AvgIpc) is 2.75. The number of anilines is 1. The maximum atomic E-state index is 11.1. The first-order valence-corrected chi connectivity index (χ1v) is 9.48. The van der Waals surface area contributed by atoms with E-state index in [2.05, 4.69) is 10.5 Å². The minimum Gasteiger partial charge on any atom is -0.489 e. The topological polar surface area (TPSA) is 120 Å². The molecule has 158 valence electrons. The van der Waals surface area contributed by atoms with Crippen LogP contribution >= 0.6 is 23.2 Å². The Morgan fingerprint density at radius 2 is 1.68 bits per heavy atom. The Morgan fingerprint density at radius 3 is 2.32 bits per heavy atom. The van der Waals surface area contributed by atoms with Gasteiger partial charge in [0.25, 0.3) is 5.69 Å². The Morgan fingerprint density at radius 1 is 0.935 bits per heavy atom. The lowest BCUT2D eigenvalue weighted by molar-refractivity contribution is -0.393. The molecule has 0 aliphatic heterocycles. The second-order valence-corrected chi connectivity index (χ2v) is 7.01. The second kappa shape index (κ2) is 9.88. The van der Waals surface area contributed by atoms with Gasteiger partial charge in [-0.3, -0.25) is 25.7 Å². The van der Waals surface area contributed by atoms with Crippen molar-refractivity contribution in [2.75, 3.05) is 5.43 Å². The number of benzene rings is 3. The van der Waals surface area contributed by atoms with Crippen molar-refractivity contribution in [1.29, 1.82) is 0 Å². The van der Waals surface area contributed by atoms with Crippen LogP contribution in [0, 0.1) is 20.2 Å². The number of ether oxygens (including phenoxy) is 1. The molecule has 0 aliphatic carbocycles. The lowest BCUT2D eigenvalue weighted by Crippen LogP contribution is -1.99. The zero-order valence-electron chi connectivity index (χ0n) is 15.7. The van der Waals surface area contributed by atoms with Gasteiger partial charge in [-0.05, 0) is 53.6 Å². The molecule has 0 fully saturated rings. The Balaban J connectivity index is 1.61. The molecule has 3 aromatic carbocycles. The molecule has 0 bridgehead atoms. The van der Waals surface area contributed by atoms with Crippen LogP contribution in [0.2, 0.25) is 10.0 Å². The minimum atomic E-state index is -0.717. The molecule has 0 aromatic heterocycles. The summed E-state index contributed by atoms with van der Waals surface area (Å²) >= 11 is 11.9. The Kier molecular flexibility index (Phi) is 7.01. The maximum Gasteiger partial charge on any atom is 0.301 e. The van der Waals surface area contributed by atoms with Crippen molar-refractivity contribution in [3.05, 3.63) is 102 Å². The number of nitrogens with zero attached hydrogens (tertiary/aromatic N) is 3. The van der Waals surface area contributed by atoms with E-state index in [0.717, 1.165) is 17.7 Å². The molecule has 0 atom stereocenters. The molecule has 31 heavy (non-hydrogen) atoms. The molecule has 0 saturated heterocycles. The number of non-ortho nitro benzene ring substituents is 1. The van der Waals surface area contributed by atoms with E-state index in [9.17, 15) is 20.2 Å². The average molecular weight is 461 g/mol. The number of rotatable bonds is 8. The van der Waals surface area contributed by atoms with Gasteiger partial charge in [0, 0.05) is 6.07 Å². The number of halogens is 2. The normalized spacial score (nSPS) is 10.8. The van der Waals surface area contributed by atoms with Gasteiger partial charge in [0.1, 0.15) is 18.0 Å². The highest BCUT2D eigenvalue weighted by molar-refractivity contribution is 6.42. The number of hydrogen-bond donors (Lipinski definition) is 1. The van der Waals surface area contributed by atoms with Crippen LogP contribution in [-0.2, 0) is 6.61 Å². The van der Waals surface area contributed by atoms with Gasteiger partial charge in [-0.2, -0.15) is 5.10 Å². The fourth-order valence-electron chi connectivity index (χ4n) is 2.50. The van der Waals surface area contributed by atoms with Gasteiger partial charge in [0.05, 0.1) is 32.2 Å². The fraction of sp³-hybridized carbons (Fsp3) is 0.0500. The number of nitrogens with one attached hydrogen (secondary N) is 1. The molecule has 0 spiro atoms. The largest absolute Gasteiger partial charge is 0.489 e. The lowest BCUT2D eigenvalue weighted by Gasteiger charge is -2.07. The van der Waals surface area contributed by atoms with E-state index in [4.69, 9.17) is 27.9 Å². The van der Waals surface area contributed by atoms with Gasteiger partial charge >= 0.3 is 5.69 Å². The third kappa shape index (κ3) is 5.91. The van der Waals surface area contributed by atoms with Crippen molar-refractivity contribution in [3.63, 3.8) is 0 Å². The molecule has 0 aliphatic rings. The van der Waals surface area contributed by atoms with E-state index in [1.165, 1.54) is 12.3 Å². The minimum absolute atomic E-state index is 0.0356. The fourth-order valence-corrected chi connectivity index (χ4v) is 2.82. The number of hydrazone groups is 1. The molecule has 0 heterocycles. The predicted octanol–water partition coefficient (Wildman–Crippen LogP) is 5.83. The van der Waals surface area contributed by atoms with E-state index in [1.54, 1.807) is 36.4 Å². The van der Waals surface area contributed by atoms with Crippen molar-refractivity contribution in [3.8, 4) is 5.75 Å². The second-order valence-electron chi connectivity index (χ2n) is 6.19. The molecular formula is C20H14Cl2N4O5. The summed E-state index contributed by atoms with van der Waals surface area (Å²) in [6, 6.07) is 15.5. The highest BCUT2D eigenvalue weighted by Crippen LogP contribution is 2.29. The van der Waals surface area contributed by atoms with Crippen LogP contribution in [0.15, 0.2) is 65.8 Å². The van der Waals surface area contributed by atoms with Crippen LogP contribution in [0.4, 0.5) is 17.1 Å². The quantitative estimate of drug-likeness (QED) is 0.256. The first-order valence-electron chi connectivity index (χ1n) is 8.72. The van der Waals surface area contributed by atoms with Crippen molar-refractivity contribution in [1.82, 2.24) is 0 Å². The number of nitro benzene ring substituents is 2. The molecule has 0 saturated carbocycles. The maximum absolute atomic E-state index is 11.1. The van der Waals surface area contributed by atoms with Gasteiger partial charge in [0.15, 0.2) is 0 Å². The van der Waals surface area contributed by atoms with Crippen LogP contribution in [0.5, 0.6) is 5.75 Å². The summed E-state index contributed by atoms with van der Waals surface area (Å²) in [6.07, 6.45) is 1.45. The van der Waals surface area contributed by atoms with Crippen LogP contribution in [0.1, 0.15) is 11.1 Å². The summed E-state index contributed by atoms with van der Waals surface area (Å²) in [7, 11) is 0. The molecule has 3 aromatic rings. The van der Waals surface area contributed by atoms with E-state index in [0.29, 0.717) is 28.0 Å². The summed E-state index contributed by atoms with van der Waals surface area (Å²) in [5, 5.41) is 26.8. The summed E-state index contributed by atoms with van der Waals surface area (Å²) in [5.41, 5.74) is 3.32. The van der Waals surface area contributed by atoms with Gasteiger partial charge in [0.2, 0.25) is 0 Å². The highest BCUT2D eigenvalue weighted by atomic mass is 35.5. The van der Waals surface area contributed by atoms with Crippen LogP contribution in [0.3, 0.4) is 0 Å². The smallest absolute Gasteiger partial charge is 0.301 e. The molecule has 3 rings (SSSR count). The third-order valence-electron chi connectivity index (χ3n) is 4.06. The highest BCUT2D eigenvalue weighted by Gasteiger charge is 2.19. The summed E-state index contributed by atoms with van der Waals surface area (Å²) in [6.45, 7) is 0.315. The zero-order valence-corrected chi connectivity index (χ0v) is 17.2. The molecule has 0 amide bonds. The van der Waals surface area contributed by atoms with Gasteiger partial charge < -0.3 is 4.74 Å². The lowest BCUT2D eigenvalue weighted by atomic mass is 10.2. The molecular weight excluding hydrogens is 447 g/mol. The molecule has 11 heteroatoms. The molecule has 9 nitrogen and oxygen atoms in total. The summed E-state index contributed by atoms with van der Waals surface area (Å²) in [4.78, 5) is 20.5. The monoisotopic (exact) mass is 460 g/mol. The van der Waals surface area contributed by atoms with Crippen molar-refractivity contribution in [2.45, 2.75) is 6.61 Å². The Hall–Kier alpha value is -3.69. The number of hydrogen-bond acceptors (Lipinski definition) is 7. The SMILES string of the molecule is O=[N+]([O-])c1ccc(N/N=C\c2ccc(OCc3ccc(Cl)c(Cl)c3)cc2)c([N+](=O)[O-])c1. The van der Waals surface area contributed by atoms with E-state index in [-0.39, 0.29) is 11.4 Å². The first kappa shape index (κ1) is 22.0. The van der Waals surface area contributed by atoms with Crippen LogP contribution in [-0.4, -0.2) is 16.1 Å². The Labute approximate surface area is 186 Å². The van der Waals surface area contributed by atoms with Crippen LogP contribution < -0.4 is 10.2 Å². The van der Waals surface area contributed by atoms with Crippen molar-refractivity contribution >= 4 is 46.5 Å². The first-order chi connectivity index (χ1) is 14.8. The number of nitro groups is 2. The Bertz CT molecular complexity index is 1150. The van der Waals surface area contributed by atoms with E-state index in [1.807, 2.05) is 6.07 Å². The predicted molar refractivity (Wildman–Crippen MR) is 118 cm³/mol. The standard InChI is InChI=1S/C20H14Cl2N4O5/c21-17-7-3-14(9-18(17)22)12-31-16-5-1-13(2-6-16)11-23-24-19-8-4-15(25(27)28)10-20(19)26(29)30/h1-11,24H,12H2/b23-11-. The van der Waals surface area contributed by atoms with Gasteiger partial charge in [-0.15, -0.1) is 0 Å². The summed E-state index contributed by atoms with van der Waals surface area (Å²) in [5.74, 6) is 0.627. The van der Waals surface area contributed by atoms with E-state index < -0.39 is 15.5 Å². The van der Waals surface area contributed by atoms with Crippen molar-refractivity contribution < 1.29 is 14.6 Å². The zero-order chi connectivity index (χ0) is 22.4. The summed E-state index contributed by atoms with van der Waals surface area (Å²) < 4.78 is 5.70. The molecule has 1 N–H and O–H groups in total. The van der Waals surface area contributed by atoms with Gasteiger partial charge in [-0.25, -0.2) is 0 Å². The van der Waals surface area contributed by atoms with Crippen molar-refractivity contribution in [2.24, 2.45) is 5.10 Å². The molecule has 0 unspecified atom stereocenters. The van der Waals surface area contributed by atoms with Gasteiger partial charge in [-0.1, -0.05) is 29.3 Å². The van der Waals surface area contributed by atoms with E-state index >= 15 is 0 Å². The molecule has 0 radical (unpaired) electrons.